The maximum Gasteiger partial charge on any atom is 0.222 e. The number of carbonyl (C=O) groups excluding carboxylic acids is 1. The van der Waals surface area contributed by atoms with E-state index in [0.29, 0.717) is 36.8 Å². The number of aryl methyl sites for hydroxylation is 2. The third-order valence-corrected chi connectivity index (χ3v) is 4.40. The van der Waals surface area contributed by atoms with Gasteiger partial charge in [-0.15, -0.1) is 0 Å². The third-order valence-electron chi connectivity index (χ3n) is 4.17. The molecule has 0 saturated heterocycles. The van der Waals surface area contributed by atoms with Crippen LogP contribution in [0.3, 0.4) is 0 Å². The average Bonchev–Trinajstić information content (AvgIpc) is 2.77. The fraction of sp³-hybridized carbons (Fsp3) is 0.444. The number of ether oxygens (including phenoxy) is 1. The van der Waals surface area contributed by atoms with Crippen molar-refractivity contribution in [1.29, 1.82) is 0 Å². The maximum atomic E-state index is 12.3. The van der Waals surface area contributed by atoms with E-state index in [4.69, 9.17) is 16.3 Å². The Morgan fingerprint density at radius 1 is 1.38 bits per heavy atom. The molecule has 2 aromatic rings. The van der Waals surface area contributed by atoms with Crippen molar-refractivity contribution >= 4 is 17.5 Å². The molecule has 0 aliphatic carbocycles. The number of halogens is 1. The lowest BCUT2D eigenvalue weighted by Crippen LogP contribution is -2.31. The Kier molecular flexibility index (Phi) is 6.26. The molecule has 0 unspecified atom stereocenters. The van der Waals surface area contributed by atoms with E-state index in [1.165, 1.54) is 0 Å². The molecule has 0 aliphatic rings. The average molecular weight is 350 g/mol. The summed E-state index contributed by atoms with van der Waals surface area (Å²) in [7, 11) is 3.72. The van der Waals surface area contributed by atoms with Crippen LogP contribution in [-0.4, -0.2) is 40.8 Å². The molecule has 0 fully saturated rings. The first-order chi connectivity index (χ1) is 11.4. The van der Waals surface area contributed by atoms with Gasteiger partial charge in [-0.1, -0.05) is 17.7 Å². The lowest BCUT2D eigenvalue weighted by Gasteiger charge is -2.17. The number of nitrogens with zero attached hydrogens (tertiary/aromatic N) is 3. The first-order valence-electron chi connectivity index (χ1n) is 8.00. The van der Waals surface area contributed by atoms with Crippen LogP contribution in [0.4, 0.5) is 0 Å². The van der Waals surface area contributed by atoms with E-state index in [0.717, 1.165) is 17.0 Å². The molecule has 0 radical (unpaired) electrons. The molecule has 0 spiro atoms. The summed E-state index contributed by atoms with van der Waals surface area (Å²) in [5.41, 5.74) is 3.27. The molecule has 5 nitrogen and oxygen atoms in total. The standard InChI is InChI=1S/C18H24ClN3O2/c1-13-17(14(2)22(4)20-13)8-9-18(23)21(3)10-11-24-16-7-5-6-15(19)12-16/h5-7,12H,8-11H2,1-4H3. The summed E-state index contributed by atoms with van der Waals surface area (Å²) in [4.78, 5) is 14.0. The summed E-state index contributed by atoms with van der Waals surface area (Å²) in [6, 6.07) is 7.25. The van der Waals surface area contributed by atoms with Gasteiger partial charge in [-0.05, 0) is 44.0 Å². The van der Waals surface area contributed by atoms with E-state index < -0.39 is 0 Å². The number of benzene rings is 1. The Morgan fingerprint density at radius 3 is 2.75 bits per heavy atom. The summed E-state index contributed by atoms with van der Waals surface area (Å²) < 4.78 is 7.48. The minimum absolute atomic E-state index is 0.104. The van der Waals surface area contributed by atoms with Crippen LogP contribution in [0, 0.1) is 13.8 Å². The topological polar surface area (TPSA) is 47.4 Å². The highest BCUT2D eigenvalue weighted by Crippen LogP contribution is 2.17. The Morgan fingerprint density at radius 2 is 2.12 bits per heavy atom. The van der Waals surface area contributed by atoms with E-state index in [1.54, 1.807) is 24.1 Å². The largest absolute Gasteiger partial charge is 0.492 e. The zero-order chi connectivity index (χ0) is 17.7. The molecule has 0 aliphatic heterocycles. The number of carbonyl (C=O) groups is 1. The molecule has 1 amide bonds. The van der Waals surface area contributed by atoms with Gasteiger partial charge in [-0.3, -0.25) is 9.48 Å². The summed E-state index contributed by atoms with van der Waals surface area (Å²) in [6.07, 6.45) is 1.19. The van der Waals surface area contributed by atoms with Gasteiger partial charge < -0.3 is 9.64 Å². The van der Waals surface area contributed by atoms with Crippen LogP contribution in [0.15, 0.2) is 24.3 Å². The van der Waals surface area contributed by atoms with Gasteiger partial charge in [0.25, 0.3) is 0 Å². The normalized spacial score (nSPS) is 10.7. The number of rotatable bonds is 7. The second kappa shape index (κ2) is 8.20. The highest BCUT2D eigenvalue weighted by molar-refractivity contribution is 6.30. The van der Waals surface area contributed by atoms with Crippen LogP contribution in [0.1, 0.15) is 23.4 Å². The van der Waals surface area contributed by atoms with Gasteiger partial charge in [0.1, 0.15) is 12.4 Å². The molecule has 2 rings (SSSR count). The first kappa shape index (κ1) is 18.3. The van der Waals surface area contributed by atoms with Crippen molar-refractivity contribution in [3.8, 4) is 5.75 Å². The lowest BCUT2D eigenvalue weighted by atomic mass is 10.1. The first-order valence-corrected chi connectivity index (χ1v) is 8.37. The maximum absolute atomic E-state index is 12.3. The summed E-state index contributed by atoms with van der Waals surface area (Å²) >= 11 is 5.91. The number of likely N-dealkylation sites (N-methyl/N-ethyl adjacent to an activating group) is 1. The van der Waals surface area contributed by atoms with Gasteiger partial charge >= 0.3 is 0 Å². The van der Waals surface area contributed by atoms with Crippen molar-refractivity contribution in [2.75, 3.05) is 20.2 Å². The van der Waals surface area contributed by atoms with Crippen molar-refractivity contribution in [3.63, 3.8) is 0 Å². The fourth-order valence-electron chi connectivity index (χ4n) is 2.58. The van der Waals surface area contributed by atoms with Gasteiger partial charge in [-0.25, -0.2) is 0 Å². The summed E-state index contributed by atoms with van der Waals surface area (Å²) in [6.45, 7) is 4.99. The molecule has 1 aromatic heterocycles. The Bertz CT molecular complexity index is 712. The van der Waals surface area contributed by atoms with Gasteiger partial charge in [0.05, 0.1) is 12.2 Å². The van der Waals surface area contributed by atoms with Crippen molar-refractivity contribution in [3.05, 3.63) is 46.2 Å². The van der Waals surface area contributed by atoms with Crippen LogP contribution >= 0.6 is 11.6 Å². The summed E-state index contributed by atoms with van der Waals surface area (Å²) in [5, 5.41) is 5.02. The lowest BCUT2D eigenvalue weighted by molar-refractivity contribution is -0.130. The highest BCUT2D eigenvalue weighted by Gasteiger charge is 2.13. The molecule has 24 heavy (non-hydrogen) atoms. The smallest absolute Gasteiger partial charge is 0.222 e. The van der Waals surface area contributed by atoms with Gasteiger partial charge in [0.15, 0.2) is 0 Å². The van der Waals surface area contributed by atoms with Crippen molar-refractivity contribution in [2.24, 2.45) is 7.05 Å². The van der Waals surface area contributed by atoms with Crippen LogP contribution in [-0.2, 0) is 18.3 Å². The van der Waals surface area contributed by atoms with Gasteiger partial charge in [0, 0.05) is 31.2 Å². The molecule has 130 valence electrons. The van der Waals surface area contributed by atoms with E-state index in [1.807, 2.05) is 37.7 Å². The molecule has 0 N–H and O–H groups in total. The molecule has 0 atom stereocenters. The molecule has 1 aromatic carbocycles. The fourth-order valence-corrected chi connectivity index (χ4v) is 2.76. The molecule has 0 bridgehead atoms. The summed E-state index contributed by atoms with van der Waals surface area (Å²) in [5.74, 6) is 0.817. The van der Waals surface area contributed by atoms with Crippen molar-refractivity contribution < 1.29 is 9.53 Å². The zero-order valence-corrected chi connectivity index (χ0v) is 15.4. The predicted octanol–water partition coefficient (Wildman–Crippen LogP) is 3.16. The number of amides is 1. The Labute approximate surface area is 148 Å². The Hall–Kier alpha value is -2.01. The zero-order valence-electron chi connectivity index (χ0n) is 14.7. The molecule has 1 heterocycles. The second-order valence-electron chi connectivity index (χ2n) is 5.89. The third kappa shape index (κ3) is 4.74. The van der Waals surface area contributed by atoms with Gasteiger partial charge in [0.2, 0.25) is 5.91 Å². The molecular weight excluding hydrogens is 326 g/mol. The van der Waals surface area contributed by atoms with Crippen LogP contribution < -0.4 is 4.74 Å². The monoisotopic (exact) mass is 349 g/mol. The predicted molar refractivity (Wildman–Crippen MR) is 95.6 cm³/mol. The number of aromatic nitrogens is 2. The van der Waals surface area contributed by atoms with Crippen LogP contribution in [0.5, 0.6) is 5.75 Å². The van der Waals surface area contributed by atoms with E-state index in [9.17, 15) is 4.79 Å². The Balaban J connectivity index is 1.78. The highest BCUT2D eigenvalue weighted by atomic mass is 35.5. The minimum atomic E-state index is 0.104. The molecular formula is C18H24ClN3O2. The number of hydrogen-bond donors (Lipinski definition) is 0. The second-order valence-corrected chi connectivity index (χ2v) is 6.33. The number of hydrogen-bond acceptors (Lipinski definition) is 3. The minimum Gasteiger partial charge on any atom is -0.492 e. The van der Waals surface area contributed by atoms with Crippen molar-refractivity contribution in [1.82, 2.24) is 14.7 Å². The van der Waals surface area contributed by atoms with Crippen LogP contribution in [0.2, 0.25) is 5.02 Å². The van der Waals surface area contributed by atoms with Crippen molar-refractivity contribution in [2.45, 2.75) is 26.7 Å². The van der Waals surface area contributed by atoms with E-state index in [-0.39, 0.29) is 5.91 Å². The van der Waals surface area contributed by atoms with Gasteiger partial charge in [-0.2, -0.15) is 5.10 Å². The van der Waals surface area contributed by atoms with E-state index in [2.05, 4.69) is 5.10 Å². The van der Waals surface area contributed by atoms with Crippen LogP contribution in [0.25, 0.3) is 0 Å². The quantitative estimate of drug-likeness (QED) is 0.771. The van der Waals surface area contributed by atoms with E-state index >= 15 is 0 Å². The molecule has 0 saturated carbocycles. The SMILES string of the molecule is Cc1nn(C)c(C)c1CCC(=O)N(C)CCOc1cccc(Cl)c1. The molecule has 6 heteroatoms.